The van der Waals surface area contributed by atoms with Gasteiger partial charge in [-0.2, -0.15) is 0 Å². The van der Waals surface area contributed by atoms with Crippen LogP contribution in [0.25, 0.3) is 10.6 Å². The molecule has 0 N–H and O–H groups in total. The van der Waals surface area contributed by atoms with E-state index in [0.717, 1.165) is 10.6 Å². The lowest BCUT2D eigenvalue weighted by atomic mass is 10.1. The minimum Gasteiger partial charge on any atom is -0.496 e. The van der Waals surface area contributed by atoms with Crippen LogP contribution < -0.4 is 4.74 Å². The summed E-state index contributed by atoms with van der Waals surface area (Å²) in [5.41, 5.74) is 1.49. The maximum absolute atomic E-state index is 12.2. The largest absolute Gasteiger partial charge is 0.496 e. The molecule has 126 valence electrons. The second-order valence-corrected chi connectivity index (χ2v) is 5.96. The number of aromatic nitrogens is 1. The maximum atomic E-state index is 12.2. The summed E-state index contributed by atoms with van der Waals surface area (Å²) in [5.74, 6) is -0.505. The number of thiazole rings is 1. The van der Waals surface area contributed by atoms with E-state index >= 15 is 0 Å². The Labute approximate surface area is 148 Å². The molecule has 0 atom stereocenters. The molecule has 0 amide bonds. The quantitative estimate of drug-likeness (QED) is 0.497. The molecule has 0 saturated heterocycles. The van der Waals surface area contributed by atoms with Crippen molar-refractivity contribution in [1.82, 2.24) is 4.98 Å². The molecule has 0 saturated carbocycles. The third-order valence-corrected chi connectivity index (χ3v) is 4.37. The second kappa shape index (κ2) is 7.72. The van der Waals surface area contributed by atoms with E-state index in [0.29, 0.717) is 11.3 Å². The molecule has 0 fully saturated rings. The van der Waals surface area contributed by atoms with Crippen LogP contribution in [-0.4, -0.2) is 30.5 Å². The smallest absolute Gasteiger partial charge is 0.358 e. The third kappa shape index (κ3) is 3.92. The molecule has 0 unspecified atom stereocenters. The van der Waals surface area contributed by atoms with Gasteiger partial charge in [-0.15, -0.1) is 11.3 Å². The van der Waals surface area contributed by atoms with Gasteiger partial charge in [0, 0.05) is 10.9 Å². The van der Waals surface area contributed by atoms with Crippen LogP contribution in [0.15, 0.2) is 60.0 Å². The highest BCUT2D eigenvalue weighted by Gasteiger charge is 2.17. The van der Waals surface area contributed by atoms with E-state index in [-0.39, 0.29) is 18.1 Å². The van der Waals surface area contributed by atoms with Gasteiger partial charge in [-0.3, -0.25) is 4.79 Å². The molecule has 3 rings (SSSR count). The molecule has 25 heavy (non-hydrogen) atoms. The second-order valence-electron chi connectivity index (χ2n) is 5.10. The SMILES string of the molecule is COc1ccccc1C(=O)COC(=O)c1csc(-c2ccccc2)n1. The van der Waals surface area contributed by atoms with Crippen LogP contribution >= 0.6 is 11.3 Å². The number of para-hydroxylation sites is 1. The topological polar surface area (TPSA) is 65.5 Å². The van der Waals surface area contributed by atoms with Gasteiger partial charge in [0.25, 0.3) is 0 Å². The van der Waals surface area contributed by atoms with E-state index in [1.165, 1.54) is 18.4 Å². The zero-order valence-corrected chi connectivity index (χ0v) is 14.3. The van der Waals surface area contributed by atoms with Crippen LogP contribution in [-0.2, 0) is 4.74 Å². The number of hydrogen-bond acceptors (Lipinski definition) is 6. The van der Waals surface area contributed by atoms with E-state index in [1.807, 2.05) is 30.3 Å². The van der Waals surface area contributed by atoms with Crippen LogP contribution in [0.1, 0.15) is 20.8 Å². The predicted octanol–water partition coefficient (Wildman–Crippen LogP) is 3.86. The molecule has 0 radical (unpaired) electrons. The zero-order chi connectivity index (χ0) is 17.6. The molecular weight excluding hydrogens is 338 g/mol. The fourth-order valence-electron chi connectivity index (χ4n) is 2.24. The Morgan fingerprint density at radius 2 is 1.76 bits per heavy atom. The summed E-state index contributed by atoms with van der Waals surface area (Å²) >= 11 is 1.35. The predicted molar refractivity (Wildman–Crippen MR) is 95.2 cm³/mol. The van der Waals surface area contributed by atoms with E-state index in [2.05, 4.69) is 4.98 Å². The van der Waals surface area contributed by atoms with E-state index in [9.17, 15) is 9.59 Å². The number of rotatable bonds is 6. The number of nitrogens with zero attached hydrogens (tertiary/aromatic N) is 1. The fraction of sp³-hybridized carbons (Fsp3) is 0.105. The minimum absolute atomic E-state index is 0.191. The van der Waals surface area contributed by atoms with Gasteiger partial charge in [0.1, 0.15) is 10.8 Å². The molecule has 5 nitrogen and oxygen atoms in total. The van der Waals surface area contributed by atoms with Crippen LogP contribution in [0.3, 0.4) is 0 Å². The molecule has 2 aromatic carbocycles. The number of hydrogen-bond donors (Lipinski definition) is 0. The number of methoxy groups -OCH3 is 1. The Balaban J connectivity index is 1.65. The van der Waals surface area contributed by atoms with Gasteiger partial charge in [0.05, 0.1) is 12.7 Å². The van der Waals surface area contributed by atoms with Crippen molar-refractivity contribution >= 4 is 23.1 Å². The lowest BCUT2D eigenvalue weighted by Crippen LogP contribution is -2.15. The molecular formula is C19H15NO4S. The molecule has 0 aliphatic rings. The molecule has 6 heteroatoms. The van der Waals surface area contributed by atoms with Crippen LogP contribution in [0.2, 0.25) is 0 Å². The Bertz CT molecular complexity index is 889. The number of esters is 1. The molecule has 0 aliphatic carbocycles. The van der Waals surface area contributed by atoms with Gasteiger partial charge in [0.2, 0.25) is 5.78 Å². The molecule has 3 aromatic rings. The van der Waals surface area contributed by atoms with Gasteiger partial charge in [0.15, 0.2) is 12.3 Å². The number of carbonyl (C=O) groups excluding carboxylic acids is 2. The lowest BCUT2D eigenvalue weighted by Gasteiger charge is -2.07. The number of benzene rings is 2. The van der Waals surface area contributed by atoms with Crippen molar-refractivity contribution in [2.45, 2.75) is 0 Å². The monoisotopic (exact) mass is 353 g/mol. The highest BCUT2D eigenvalue weighted by Crippen LogP contribution is 2.23. The third-order valence-electron chi connectivity index (χ3n) is 3.48. The summed E-state index contributed by atoms with van der Waals surface area (Å²) < 4.78 is 10.2. The average Bonchev–Trinajstić information content (AvgIpc) is 3.17. The van der Waals surface area contributed by atoms with Crippen molar-refractivity contribution in [2.75, 3.05) is 13.7 Å². The lowest BCUT2D eigenvalue weighted by molar-refractivity contribution is 0.0469. The van der Waals surface area contributed by atoms with Gasteiger partial charge < -0.3 is 9.47 Å². The molecule has 1 aromatic heterocycles. The Morgan fingerprint density at radius 3 is 2.52 bits per heavy atom. The number of ketones is 1. The summed E-state index contributed by atoms with van der Waals surface area (Å²) in [6.07, 6.45) is 0. The Morgan fingerprint density at radius 1 is 1.04 bits per heavy atom. The van der Waals surface area contributed by atoms with E-state index in [1.54, 1.807) is 29.6 Å². The normalized spacial score (nSPS) is 10.3. The first-order valence-corrected chi connectivity index (χ1v) is 8.41. The summed E-state index contributed by atoms with van der Waals surface area (Å²) in [7, 11) is 1.48. The van der Waals surface area contributed by atoms with Crippen molar-refractivity contribution in [2.24, 2.45) is 0 Å². The van der Waals surface area contributed by atoms with Crippen molar-refractivity contribution in [1.29, 1.82) is 0 Å². The summed E-state index contributed by atoms with van der Waals surface area (Å²) in [5, 5.41) is 2.35. The van der Waals surface area contributed by atoms with Gasteiger partial charge in [-0.05, 0) is 12.1 Å². The maximum Gasteiger partial charge on any atom is 0.358 e. The average molecular weight is 353 g/mol. The standard InChI is InChI=1S/C19H15NO4S/c1-23-17-10-6-5-9-14(17)16(21)11-24-19(22)15-12-25-18(20-15)13-7-3-2-4-8-13/h2-10,12H,11H2,1H3. The minimum atomic E-state index is -0.623. The molecule has 0 aliphatic heterocycles. The number of carbonyl (C=O) groups is 2. The first kappa shape index (κ1) is 16.9. The van der Waals surface area contributed by atoms with Crippen molar-refractivity contribution in [3.63, 3.8) is 0 Å². The van der Waals surface area contributed by atoms with Gasteiger partial charge >= 0.3 is 5.97 Å². The summed E-state index contributed by atoms with van der Waals surface area (Å²) in [4.78, 5) is 28.6. The molecule has 0 spiro atoms. The van der Waals surface area contributed by atoms with Gasteiger partial charge in [-0.1, -0.05) is 42.5 Å². The van der Waals surface area contributed by atoms with Crippen molar-refractivity contribution in [3.8, 4) is 16.3 Å². The zero-order valence-electron chi connectivity index (χ0n) is 13.5. The first-order chi connectivity index (χ1) is 12.2. The first-order valence-electron chi connectivity index (χ1n) is 7.53. The fourth-order valence-corrected chi connectivity index (χ4v) is 3.03. The number of ether oxygens (including phenoxy) is 2. The molecule has 0 bridgehead atoms. The van der Waals surface area contributed by atoms with Crippen LogP contribution in [0.4, 0.5) is 0 Å². The summed E-state index contributed by atoms with van der Waals surface area (Å²) in [6, 6.07) is 16.4. The van der Waals surface area contributed by atoms with Crippen molar-refractivity contribution < 1.29 is 19.1 Å². The molecule has 1 heterocycles. The van der Waals surface area contributed by atoms with Crippen LogP contribution in [0, 0.1) is 0 Å². The Hall–Kier alpha value is -2.99. The van der Waals surface area contributed by atoms with Crippen molar-refractivity contribution in [3.05, 3.63) is 71.2 Å². The summed E-state index contributed by atoms with van der Waals surface area (Å²) in [6.45, 7) is -0.364. The Kier molecular flexibility index (Phi) is 5.20. The number of Topliss-reactive ketones (excluding diaryl/α,β-unsaturated/α-hetero) is 1. The van der Waals surface area contributed by atoms with E-state index < -0.39 is 5.97 Å². The highest BCUT2D eigenvalue weighted by molar-refractivity contribution is 7.13. The highest BCUT2D eigenvalue weighted by atomic mass is 32.1. The van der Waals surface area contributed by atoms with E-state index in [4.69, 9.17) is 9.47 Å². The van der Waals surface area contributed by atoms with Gasteiger partial charge in [-0.25, -0.2) is 9.78 Å². The van der Waals surface area contributed by atoms with Crippen LogP contribution in [0.5, 0.6) is 5.75 Å².